The summed E-state index contributed by atoms with van der Waals surface area (Å²) in [6.07, 6.45) is 0.711. The lowest BCUT2D eigenvalue weighted by molar-refractivity contribution is 0.155. The van der Waals surface area contributed by atoms with Gasteiger partial charge >= 0.3 is 0 Å². The number of hydrogen-bond acceptors (Lipinski definition) is 5. The average molecular weight is 247 g/mol. The second-order valence-corrected chi connectivity index (χ2v) is 4.40. The highest BCUT2D eigenvalue weighted by Gasteiger charge is 2.12. The zero-order chi connectivity index (χ0) is 13.0. The predicted molar refractivity (Wildman–Crippen MR) is 68.9 cm³/mol. The first-order chi connectivity index (χ1) is 8.69. The molecule has 0 radical (unpaired) electrons. The number of rotatable bonds is 5. The summed E-state index contributed by atoms with van der Waals surface area (Å²) < 4.78 is 10.3. The van der Waals surface area contributed by atoms with Crippen LogP contribution in [-0.4, -0.2) is 23.9 Å². The topological polar surface area (TPSA) is 74.2 Å². The lowest BCUT2D eigenvalue weighted by Gasteiger charge is -2.05. The van der Waals surface area contributed by atoms with Gasteiger partial charge < -0.3 is 15.0 Å². The van der Waals surface area contributed by atoms with E-state index >= 15 is 0 Å². The quantitative estimate of drug-likeness (QED) is 0.819. The maximum Gasteiger partial charge on any atom is 0.227 e. The van der Waals surface area contributed by atoms with E-state index in [1.54, 1.807) is 7.11 Å². The molecule has 96 valence electrons. The van der Waals surface area contributed by atoms with Crippen molar-refractivity contribution >= 4 is 5.69 Å². The molecule has 18 heavy (non-hydrogen) atoms. The zero-order valence-electron chi connectivity index (χ0n) is 10.6. The second kappa shape index (κ2) is 5.64. The molecular formula is C13H17N3O2. The van der Waals surface area contributed by atoms with Crippen LogP contribution >= 0.6 is 0 Å². The third kappa shape index (κ3) is 3.07. The van der Waals surface area contributed by atoms with Crippen LogP contribution in [0.25, 0.3) is 11.4 Å². The van der Waals surface area contributed by atoms with Crippen molar-refractivity contribution in [1.82, 2.24) is 10.1 Å². The van der Waals surface area contributed by atoms with Gasteiger partial charge in [-0.2, -0.15) is 4.98 Å². The van der Waals surface area contributed by atoms with E-state index in [2.05, 4.69) is 17.1 Å². The van der Waals surface area contributed by atoms with Crippen LogP contribution in [0, 0.1) is 5.92 Å². The van der Waals surface area contributed by atoms with Crippen molar-refractivity contribution in [3.8, 4) is 11.4 Å². The Kier molecular flexibility index (Phi) is 3.94. The van der Waals surface area contributed by atoms with Gasteiger partial charge in [-0.1, -0.05) is 24.2 Å². The van der Waals surface area contributed by atoms with Crippen LogP contribution in [0.3, 0.4) is 0 Å². The molecule has 5 heteroatoms. The van der Waals surface area contributed by atoms with Crippen LogP contribution in [0.2, 0.25) is 0 Å². The number of anilines is 1. The molecule has 0 spiro atoms. The van der Waals surface area contributed by atoms with Gasteiger partial charge in [0.15, 0.2) is 0 Å². The molecular weight excluding hydrogens is 230 g/mol. The highest BCUT2D eigenvalue weighted by atomic mass is 16.5. The van der Waals surface area contributed by atoms with Gasteiger partial charge in [-0.25, -0.2) is 0 Å². The Morgan fingerprint density at radius 1 is 1.44 bits per heavy atom. The first-order valence-electron chi connectivity index (χ1n) is 5.86. The van der Waals surface area contributed by atoms with Crippen molar-refractivity contribution in [3.05, 3.63) is 30.2 Å². The number of ether oxygens (including phenoxy) is 1. The third-order valence-corrected chi connectivity index (χ3v) is 2.59. The Hall–Kier alpha value is -1.88. The summed E-state index contributed by atoms with van der Waals surface area (Å²) in [5.41, 5.74) is 7.27. The largest absolute Gasteiger partial charge is 0.399 e. The van der Waals surface area contributed by atoms with Crippen LogP contribution in [-0.2, 0) is 11.2 Å². The average Bonchev–Trinajstić information content (AvgIpc) is 2.78. The molecule has 0 aliphatic carbocycles. The number of hydrogen-bond donors (Lipinski definition) is 1. The third-order valence-electron chi connectivity index (χ3n) is 2.59. The molecule has 0 aliphatic rings. The van der Waals surface area contributed by atoms with E-state index in [0.717, 1.165) is 5.56 Å². The van der Waals surface area contributed by atoms with Gasteiger partial charge in [-0.15, -0.1) is 0 Å². The Morgan fingerprint density at radius 3 is 3.00 bits per heavy atom. The summed E-state index contributed by atoms with van der Waals surface area (Å²) >= 11 is 0. The van der Waals surface area contributed by atoms with Crippen LogP contribution in [0.1, 0.15) is 12.8 Å². The van der Waals surface area contributed by atoms with Gasteiger partial charge in [0.1, 0.15) is 0 Å². The summed E-state index contributed by atoms with van der Waals surface area (Å²) in [5.74, 6) is 1.54. The summed E-state index contributed by atoms with van der Waals surface area (Å²) in [6.45, 7) is 2.75. The standard InChI is InChI=1S/C13H17N3O2/c1-9(8-17-2)6-12-15-13(16-18-12)10-4-3-5-11(14)7-10/h3-5,7,9H,6,8,14H2,1-2H3. The Morgan fingerprint density at radius 2 is 2.28 bits per heavy atom. The van der Waals surface area contributed by atoms with Gasteiger partial charge in [0.05, 0.1) is 0 Å². The second-order valence-electron chi connectivity index (χ2n) is 4.40. The summed E-state index contributed by atoms with van der Waals surface area (Å²) in [7, 11) is 1.68. The van der Waals surface area contributed by atoms with E-state index in [4.69, 9.17) is 15.0 Å². The molecule has 0 saturated heterocycles. The SMILES string of the molecule is COCC(C)Cc1nc(-c2cccc(N)c2)no1. The molecule has 0 amide bonds. The van der Waals surface area contributed by atoms with Crippen LogP contribution < -0.4 is 5.73 Å². The first kappa shape index (κ1) is 12.6. The van der Waals surface area contributed by atoms with Crippen molar-refractivity contribution in [2.24, 2.45) is 5.92 Å². The van der Waals surface area contributed by atoms with E-state index < -0.39 is 0 Å². The molecule has 5 nitrogen and oxygen atoms in total. The van der Waals surface area contributed by atoms with E-state index in [0.29, 0.717) is 36.3 Å². The first-order valence-corrected chi connectivity index (χ1v) is 5.86. The molecule has 0 aliphatic heterocycles. The number of nitrogens with zero attached hydrogens (tertiary/aromatic N) is 2. The molecule has 2 N–H and O–H groups in total. The summed E-state index contributed by atoms with van der Waals surface area (Å²) in [5, 5.41) is 3.96. The minimum Gasteiger partial charge on any atom is -0.399 e. The van der Waals surface area contributed by atoms with Crippen LogP contribution in [0.5, 0.6) is 0 Å². The van der Waals surface area contributed by atoms with E-state index in [9.17, 15) is 0 Å². The van der Waals surface area contributed by atoms with Crippen LogP contribution in [0.15, 0.2) is 28.8 Å². The van der Waals surface area contributed by atoms with E-state index in [-0.39, 0.29) is 0 Å². The van der Waals surface area contributed by atoms with Crippen LogP contribution in [0.4, 0.5) is 5.69 Å². The van der Waals surface area contributed by atoms with Gasteiger partial charge in [0, 0.05) is 31.4 Å². The molecule has 1 aromatic carbocycles. The normalized spacial score (nSPS) is 12.6. The number of benzene rings is 1. The lowest BCUT2D eigenvalue weighted by atomic mass is 10.1. The smallest absolute Gasteiger partial charge is 0.227 e. The molecule has 2 aromatic rings. The van der Waals surface area contributed by atoms with Crippen molar-refractivity contribution in [2.45, 2.75) is 13.3 Å². The number of nitrogens with two attached hydrogens (primary N) is 1. The maximum atomic E-state index is 5.72. The molecule has 1 atom stereocenters. The highest BCUT2D eigenvalue weighted by molar-refractivity contribution is 5.60. The maximum absolute atomic E-state index is 5.72. The van der Waals surface area contributed by atoms with Crippen molar-refractivity contribution in [2.75, 3.05) is 19.5 Å². The van der Waals surface area contributed by atoms with Gasteiger partial charge in [0.2, 0.25) is 11.7 Å². The molecule has 1 aromatic heterocycles. The van der Waals surface area contributed by atoms with Gasteiger partial charge in [-0.3, -0.25) is 0 Å². The number of methoxy groups -OCH3 is 1. The number of nitrogen functional groups attached to an aromatic ring is 1. The van der Waals surface area contributed by atoms with Gasteiger partial charge in [-0.05, 0) is 18.1 Å². The van der Waals surface area contributed by atoms with Gasteiger partial charge in [0.25, 0.3) is 0 Å². The molecule has 0 fully saturated rings. The Labute approximate surface area is 106 Å². The fraction of sp³-hybridized carbons (Fsp3) is 0.385. The monoisotopic (exact) mass is 247 g/mol. The van der Waals surface area contributed by atoms with Crippen molar-refractivity contribution in [3.63, 3.8) is 0 Å². The molecule has 0 saturated carbocycles. The highest BCUT2D eigenvalue weighted by Crippen LogP contribution is 2.19. The fourth-order valence-corrected chi connectivity index (χ4v) is 1.77. The van der Waals surface area contributed by atoms with Crippen molar-refractivity contribution in [1.29, 1.82) is 0 Å². The van der Waals surface area contributed by atoms with E-state index in [1.807, 2.05) is 24.3 Å². The molecule has 2 rings (SSSR count). The van der Waals surface area contributed by atoms with E-state index in [1.165, 1.54) is 0 Å². The lowest BCUT2D eigenvalue weighted by Crippen LogP contribution is -2.07. The van der Waals surface area contributed by atoms with Crippen molar-refractivity contribution < 1.29 is 9.26 Å². The minimum absolute atomic E-state index is 0.351. The molecule has 1 unspecified atom stereocenters. The minimum atomic E-state index is 0.351. The number of aromatic nitrogens is 2. The zero-order valence-corrected chi connectivity index (χ0v) is 10.6. The summed E-state index contributed by atoms with van der Waals surface area (Å²) in [4.78, 5) is 4.35. The summed E-state index contributed by atoms with van der Waals surface area (Å²) in [6, 6.07) is 7.43. The fourth-order valence-electron chi connectivity index (χ4n) is 1.77. The molecule has 0 bridgehead atoms. The Balaban J connectivity index is 2.10. The Bertz CT molecular complexity index is 510. The predicted octanol–water partition coefficient (Wildman–Crippen LogP) is 2.14. The molecule has 1 heterocycles.